The highest BCUT2D eigenvalue weighted by Crippen LogP contribution is 2.45. The van der Waals surface area contributed by atoms with Crippen molar-refractivity contribution in [3.05, 3.63) is 76.4 Å². The number of aromatic nitrogens is 3. The van der Waals surface area contributed by atoms with Crippen LogP contribution in [0.2, 0.25) is 0 Å². The third-order valence-corrected chi connectivity index (χ3v) is 6.14. The number of rotatable bonds is 6. The lowest BCUT2D eigenvalue weighted by Gasteiger charge is -2.22. The van der Waals surface area contributed by atoms with Gasteiger partial charge in [-0.1, -0.05) is 37.3 Å². The Labute approximate surface area is 172 Å². The van der Waals surface area contributed by atoms with Gasteiger partial charge in [0.15, 0.2) is 11.6 Å². The second-order valence-electron chi connectivity index (χ2n) is 6.79. The van der Waals surface area contributed by atoms with Gasteiger partial charge in [0.1, 0.15) is 11.5 Å². The summed E-state index contributed by atoms with van der Waals surface area (Å²) in [6.45, 7) is 2.41. The monoisotopic (exact) mass is 409 g/mol. The van der Waals surface area contributed by atoms with Crippen LogP contribution in [0, 0.1) is 11.7 Å². The fraction of sp³-hybridized carbons (Fsp3) is 0.238. The molecule has 1 amide bonds. The van der Waals surface area contributed by atoms with Crippen LogP contribution in [-0.4, -0.2) is 26.3 Å². The maximum Gasteiger partial charge on any atom is 0.245 e. The molecule has 0 fully saturated rings. The lowest BCUT2D eigenvalue weighted by atomic mass is 9.87. The molecule has 2 aromatic rings. The van der Waals surface area contributed by atoms with Crippen LogP contribution < -0.4 is 11.1 Å². The van der Waals surface area contributed by atoms with E-state index < -0.39 is 5.91 Å². The van der Waals surface area contributed by atoms with Crippen molar-refractivity contribution in [1.82, 2.24) is 15.2 Å². The number of amides is 1. The van der Waals surface area contributed by atoms with E-state index in [0.29, 0.717) is 30.2 Å². The molecule has 6 nitrogen and oxygen atoms in total. The summed E-state index contributed by atoms with van der Waals surface area (Å²) in [5, 5.41) is 13.8. The van der Waals surface area contributed by atoms with E-state index >= 15 is 0 Å². The van der Waals surface area contributed by atoms with Crippen molar-refractivity contribution in [3.8, 4) is 0 Å². The van der Waals surface area contributed by atoms with Gasteiger partial charge in [-0.25, -0.2) is 9.37 Å². The minimum absolute atomic E-state index is 0.0298. The van der Waals surface area contributed by atoms with Crippen molar-refractivity contribution in [2.45, 2.75) is 25.1 Å². The predicted molar refractivity (Wildman–Crippen MR) is 112 cm³/mol. The number of allylic oxidation sites excluding steroid dienone is 4. The molecule has 0 saturated carbocycles. The van der Waals surface area contributed by atoms with Crippen molar-refractivity contribution >= 4 is 29.1 Å². The Kier molecular flexibility index (Phi) is 5.44. The van der Waals surface area contributed by atoms with Gasteiger partial charge in [-0.05, 0) is 29.5 Å². The molecule has 1 aromatic carbocycles. The first-order valence-corrected chi connectivity index (χ1v) is 10.3. The van der Waals surface area contributed by atoms with E-state index in [1.165, 1.54) is 12.1 Å². The van der Waals surface area contributed by atoms with Crippen LogP contribution in [0.3, 0.4) is 0 Å². The number of nitrogens with two attached hydrogens (primary N) is 1. The number of carbonyl (C=O) groups excluding carboxylic acids is 1. The van der Waals surface area contributed by atoms with Gasteiger partial charge in [-0.15, -0.1) is 22.0 Å². The second-order valence-corrected chi connectivity index (χ2v) is 7.81. The number of carbonyl (C=O) groups is 1. The molecular weight excluding hydrogens is 389 g/mol. The minimum Gasteiger partial charge on any atom is -0.366 e. The van der Waals surface area contributed by atoms with Crippen LogP contribution in [0.5, 0.6) is 0 Å². The molecule has 1 aromatic heterocycles. The van der Waals surface area contributed by atoms with E-state index in [1.807, 2.05) is 30.6 Å². The normalized spacial score (nSPS) is 20.1. The first-order valence-electron chi connectivity index (χ1n) is 9.32. The highest BCUT2D eigenvalue weighted by molar-refractivity contribution is 8.03. The maximum absolute atomic E-state index is 13.4. The largest absolute Gasteiger partial charge is 0.366 e. The van der Waals surface area contributed by atoms with Crippen molar-refractivity contribution in [3.63, 3.8) is 0 Å². The van der Waals surface area contributed by atoms with Crippen molar-refractivity contribution in [1.29, 1.82) is 0 Å². The highest BCUT2D eigenvalue weighted by atomic mass is 32.2. The number of fused-ring (bicyclic) bond motifs is 1. The molecule has 8 heteroatoms. The zero-order chi connectivity index (χ0) is 20.4. The molecular formula is C21H20FN5OS. The molecule has 4 rings (SSSR count). The van der Waals surface area contributed by atoms with E-state index in [9.17, 15) is 9.18 Å². The van der Waals surface area contributed by atoms with Gasteiger partial charge in [0.05, 0.1) is 0 Å². The topological polar surface area (TPSA) is 93.8 Å². The van der Waals surface area contributed by atoms with Crippen molar-refractivity contribution in [2.75, 3.05) is 5.32 Å². The number of hydrogen-bond donors (Lipinski definition) is 2. The fourth-order valence-electron chi connectivity index (χ4n) is 3.42. The summed E-state index contributed by atoms with van der Waals surface area (Å²) < 4.78 is 13.4. The fourth-order valence-corrected chi connectivity index (χ4v) is 4.73. The Bertz CT molecular complexity index is 1050. The summed E-state index contributed by atoms with van der Waals surface area (Å²) in [6.07, 6.45) is 6.30. The molecule has 3 N–H and O–H groups in total. The van der Waals surface area contributed by atoms with Crippen molar-refractivity contribution in [2.24, 2.45) is 11.7 Å². The Morgan fingerprint density at radius 3 is 2.97 bits per heavy atom. The number of anilines is 1. The van der Waals surface area contributed by atoms with Gasteiger partial charge >= 0.3 is 0 Å². The van der Waals surface area contributed by atoms with E-state index in [0.717, 1.165) is 16.8 Å². The molecule has 2 unspecified atom stereocenters. The number of nitrogens with one attached hydrogen (secondary N) is 1. The van der Waals surface area contributed by atoms with Crippen LogP contribution in [0.4, 0.5) is 10.2 Å². The summed E-state index contributed by atoms with van der Waals surface area (Å²) in [5.74, 6) is 0.422. The van der Waals surface area contributed by atoms with Gasteiger partial charge in [0.25, 0.3) is 0 Å². The lowest BCUT2D eigenvalue weighted by molar-refractivity contribution is -0.114. The lowest BCUT2D eigenvalue weighted by Crippen LogP contribution is -2.27. The van der Waals surface area contributed by atoms with Crippen LogP contribution in [0.25, 0.3) is 5.57 Å². The molecule has 0 saturated heterocycles. The third-order valence-electron chi connectivity index (χ3n) is 4.91. The molecule has 2 atom stereocenters. The number of primary amides is 1. The average Bonchev–Trinajstić information content (AvgIpc) is 3.16. The standard InChI is InChI=1S/C21H20FN5OS/c1-2-17-21(24-10-12-5-3-6-13(22)9-12)25-20(27-26-17)16-11-29-18-14(16)7-4-8-15(18)19(23)28/h3-9,11,14,18H,2,10H2,1H3,(H2,23,28)(H,24,25,27). The zero-order valence-electron chi connectivity index (χ0n) is 15.8. The number of halogens is 1. The van der Waals surface area contributed by atoms with Gasteiger partial charge in [0.2, 0.25) is 5.91 Å². The maximum atomic E-state index is 13.4. The Hall–Kier alpha value is -3.00. The van der Waals surface area contributed by atoms with Gasteiger partial charge in [-0.3, -0.25) is 4.79 Å². The molecule has 148 valence electrons. The summed E-state index contributed by atoms with van der Waals surface area (Å²) >= 11 is 1.54. The quantitative estimate of drug-likeness (QED) is 0.761. The van der Waals surface area contributed by atoms with Gasteiger partial charge in [-0.2, -0.15) is 0 Å². The Morgan fingerprint density at radius 2 is 2.21 bits per heavy atom. The summed E-state index contributed by atoms with van der Waals surface area (Å²) in [5.41, 5.74) is 8.57. The molecule has 0 spiro atoms. The summed E-state index contributed by atoms with van der Waals surface area (Å²) in [4.78, 5) is 16.4. The van der Waals surface area contributed by atoms with Gasteiger partial charge < -0.3 is 11.1 Å². The smallest absolute Gasteiger partial charge is 0.245 e. The molecule has 2 aliphatic rings. The molecule has 1 aliphatic heterocycles. The first kappa shape index (κ1) is 19.3. The predicted octanol–water partition coefficient (Wildman–Crippen LogP) is 3.24. The van der Waals surface area contributed by atoms with Crippen LogP contribution in [0.15, 0.2) is 53.5 Å². The van der Waals surface area contributed by atoms with E-state index in [2.05, 4.69) is 15.5 Å². The first-order chi connectivity index (χ1) is 14.1. The number of benzene rings is 1. The second kappa shape index (κ2) is 8.16. The summed E-state index contributed by atoms with van der Waals surface area (Å²) in [6, 6.07) is 6.43. The third kappa shape index (κ3) is 3.93. The van der Waals surface area contributed by atoms with Crippen molar-refractivity contribution < 1.29 is 9.18 Å². The van der Waals surface area contributed by atoms with E-state index in [1.54, 1.807) is 23.9 Å². The Morgan fingerprint density at radius 1 is 1.34 bits per heavy atom. The number of aryl methyl sites for hydroxylation is 1. The van der Waals surface area contributed by atoms with E-state index in [4.69, 9.17) is 10.7 Å². The van der Waals surface area contributed by atoms with Gasteiger partial charge in [0, 0.05) is 28.9 Å². The Balaban J connectivity index is 1.58. The van der Waals surface area contributed by atoms with Crippen LogP contribution in [-0.2, 0) is 17.8 Å². The number of hydrogen-bond acceptors (Lipinski definition) is 6. The van der Waals surface area contributed by atoms with E-state index in [-0.39, 0.29) is 17.0 Å². The minimum atomic E-state index is -0.413. The molecule has 0 radical (unpaired) electrons. The molecule has 2 heterocycles. The molecule has 29 heavy (non-hydrogen) atoms. The highest BCUT2D eigenvalue weighted by Gasteiger charge is 2.37. The number of thioether (sulfide) groups is 1. The summed E-state index contributed by atoms with van der Waals surface area (Å²) in [7, 11) is 0. The zero-order valence-corrected chi connectivity index (χ0v) is 16.6. The molecule has 1 aliphatic carbocycles. The van der Waals surface area contributed by atoms with Crippen LogP contribution >= 0.6 is 11.8 Å². The average molecular weight is 409 g/mol. The SMILES string of the molecule is CCc1nnc(C2=CSC3C(C(N)=O)=CC=CC23)nc1NCc1cccc(F)c1. The molecule has 0 bridgehead atoms. The van der Waals surface area contributed by atoms with Crippen LogP contribution in [0.1, 0.15) is 24.0 Å². The number of nitrogens with zero attached hydrogens (tertiary/aromatic N) is 3.